The van der Waals surface area contributed by atoms with E-state index in [0.29, 0.717) is 11.6 Å². The second kappa shape index (κ2) is 5.69. The molecule has 19 heavy (non-hydrogen) atoms. The Bertz CT molecular complexity index is 579. The summed E-state index contributed by atoms with van der Waals surface area (Å²) in [6.45, 7) is 1.10. The van der Waals surface area contributed by atoms with Gasteiger partial charge in [0.25, 0.3) is 0 Å². The molecule has 2 heterocycles. The highest BCUT2D eigenvalue weighted by Gasteiger charge is 2.17. The van der Waals surface area contributed by atoms with Crippen molar-refractivity contribution in [2.45, 2.75) is 25.3 Å². The molecule has 1 N–H and O–H groups in total. The molecular weight excluding hydrogens is 327 g/mol. The maximum Gasteiger partial charge on any atom is 0.132 e. The molecule has 2 nitrogen and oxygen atoms in total. The minimum absolute atomic E-state index is 0.223. The van der Waals surface area contributed by atoms with E-state index in [1.165, 1.54) is 18.9 Å². The van der Waals surface area contributed by atoms with E-state index >= 15 is 0 Å². The van der Waals surface area contributed by atoms with E-state index in [2.05, 4.69) is 26.2 Å². The molecule has 0 spiro atoms. The van der Waals surface area contributed by atoms with Crippen LogP contribution in [0.5, 0.6) is 0 Å². The van der Waals surface area contributed by atoms with E-state index in [0.717, 1.165) is 28.1 Å². The van der Waals surface area contributed by atoms with Crippen LogP contribution in [0.1, 0.15) is 17.8 Å². The van der Waals surface area contributed by atoms with E-state index in [1.54, 1.807) is 23.5 Å². The van der Waals surface area contributed by atoms with Crippen LogP contribution in [0.25, 0.3) is 11.3 Å². The normalized spacial score (nSPS) is 18.9. The lowest BCUT2D eigenvalue weighted by molar-refractivity contribution is 0.601. The summed E-state index contributed by atoms with van der Waals surface area (Å²) in [6.07, 6.45) is 3.39. The number of hydrogen-bond donors (Lipinski definition) is 1. The number of halogens is 2. The fraction of sp³-hybridized carbons (Fsp3) is 0.357. The predicted molar refractivity (Wildman–Crippen MR) is 79.9 cm³/mol. The Morgan fingerprint density at radius 3 is 3.16 bits per heavy atom. The maximum absolute atomic E-state index is 13.8. The summed E-state index contributed by atoms with van der Waals surface area (Å²) in [4.78, 5) is 4.56. The molecule has 0 aliphatic carbocycles. The molecule has 1 aromatic heterocycles. The van der Waals surface area contributed by atoms with Crippen LogP contribution in [0.2, 0.25) is 0 Å². The summed E-state index contributed by atoms with van der Waals surface area (Å²) in [6, 6.07) is 5.49. The van der Waals surface area contributed by atoms with E-state index in [1.807, 2.05) is 5.38 Å². The van der Waals surface area contributed by atoms with Crippen molar-refractivity contribution in [1.29, 1.82) is 0 Å². The number of aromatic nitrogens is 1. The molecule has 3 rings (SSSR count). The first-order chi connectivity index (χ1) is 9.22. The van der Waals surface area contributed by atoms with Gasteiger partial charge in [0.1, 0.15) is 5.82 Å². The highest BCUT2D eigenvalue weighted by Crippen LogP contribution is 2.28. The Balaban J connectivity index is 1.82. The molecule has 5 heteroatoms. The zero-order chi connectivity index (χ0) is 13.2. The minimum atomic E-state index is -0.223. The molecule has 0 saturated carbocycles. The van der Waals surface area contributed by atoms with Gasteiger partial charge in [-0.1, -0.05) is 15.9 Å². The van der Waals surface area contributed by atoms with E-state index in [-0.39, 0.29) is 5.82 Å². The standard InChI is InChI=1S/C14H14BrFN2S/c15-9-3-4-12(16)11(6-9)13-8-19-14(18-13)7-10-2-1-5-17-10/h3-4,6,8,10,17H,1-2,5,7H2. The van der Waals surface area contributed by atoms with Crippen molar-refractivity contribution in [3.8, 4) is 11.3 Å². The van der Waals surface area contributed by atoms with Gasteiger partial charge in [0, 0.05) is 27.9 Å². The van der Waals surface area contributed by atoms with Crippen molar-refractivity contribution in [3.05, 3.63) is 38.9 Å². The molecule has 100 valence electrons. The summed E-state index contributed by atoms with van der Waals surface area (Å²) >= 11 is 4.98. The topological polar surface area (TPSA) is 24.9 Å². The third kappa shape index (κ3) is 3.04. The van der Waals surface area contributed by atoms with Crippen LogP contribution in [0, 0.1) is 5.82 Å². The first kappa shape index (κ1) is 13.2. The van der Waals surface area contributed by atoms with Gasteiger partial charge in [0.15, 0.2) is 0 Å². The number of nitrogens with zero attached hydrogens (tertiary/aromatic N) is 1. The highest BCUT2D eigenvalue weighted by molar-refractivity contribution is 9.10. The second-order valence-electron chi connectivity index (χ2n) is 4.75. The molecule has 1 unspecified atom stereocenters. The quantitative estimate of drug-likeness (QED) is 0.913. The smallest absolute Gasteiger partial charge is 0.132 e. The summed E-state index contributed by atoms with van der Waals surface area (Å²) in [7, 11) is 0. The van der Waals surface area contributed by atoms with Crippen LogP contribution in [0.15, 0.2) is 28.1 Å². The highest BCUT2D eigenvalue weighted by atomic mass is 79.9. The molecular formula is C14H14BrFN2S. The molecule has 1 atom stereocenters. The van der Waals surface area contributed by atoms with Crippen molar-refractivity contribution in [2.24, 2.45) is 0 Å². The van der Waals surface area contributed by atoms with E-state index in [4.69, 9.17) is 0 Å². The van der Waals surface area contributed by atoms with Crippen LogP contribution < -0.4 is 5.32 Å². The van der Waals surface area contributed by atoms with Crippen LogP contribution in [-0.4, -0.2) is 17.6 Å². The van der Waals surface area contributed by atoms with Gasteiger partial charge < -0.3 is 5.32 Å². The molecule has 1 fully saturated rings. The largest absolute Gasteiger partial charge is 0.314 e. The maximum atomic E-state index is 13.8. The Morgan fingerprint density at radius 1 is 1.47 bits per heavy atom. The zero-order valence-electron chi connectivity index (χ0n) is 10.3. The van der Waals surface area contributed by atoms with Gasteiger partial charge in [-0.3, -0.25) is 0 Å². The molecule has 0 amide bonds. The van der Waals surface area contributed by atoms with Crippen molar-refractivity contribution >= 4 is 27.3 Å². The van der Waals surface area contributed by atoms with Gasteiger partial charge >= 0.3 is 0 Å². The van der Waals surface area contributed by atoms with Crippen molar-refractivity contribution < 1.29 is 4.39 Å². The molecule has 1 saturated heterocycles. The minimum Gasteiger partial charge on any atom is -0.314 e. The molecule has 1 aromatic carbocycles. The van der Waals surface area contributed by atoms with Crippen LogP contribution in [0.4, 0.5) is 4.39 Å². The fourth-order valence-electron chi connectivity index (χ4n) is 2.36. The van der Waals surface area contributed by atoms with Crippen LogP contribution >= 0.6 is 27.3 Å². The Kier molecular flexibility index (Phi) is 3.96. The van der Waals surface area contributed by atoms with Crippen LogP contribution in [0.3, 0.4) is 0 Å². The lowest BCUT2D eigenvalue weighted by Gasteiger charge is -2.06. The number of rotatable bonds is 3. The van der Waals surface area contributed by atoms with E-state index < -0.39 is 0 Å². The Hall–Kier alpha value is -0.780. The lowest BCUT2D eigenvalue weighted by atomic mass is 10.1. The summed E-state index contributed by atoms with van der Waals surface area (Å²) < 4.78 is 14.7. The van der Waals surface area contributed by atoms with Crippen molar-refractivity contribution in [2.75, 3.05) is 6.54 Å². The number of nitrogens with one attached hydrogen (secondary N) is 1. The monoisotopic (exact) mass is 340 g/mol. The third-order valence-electron chi connectivity index (χ3n) is 3.34. The third-order valence-corrected chi connectivity index (χ3v) is 4.70. The van der Waals surface area contributed by atoms with Gasteiger partial charge in [-0.25, -0.2) is 9.37 Å². The fourth-order valence-corrected chi connectivity index (χ4v) is 3.60. The lowest BCUT2D eigenvalue weighted by Crippen LogP contribution is -2.23. The number of thiazole rings is 1. The number of benzene rings is 1. The van der Waals surface area contributed by atoms with E-state index in [9.17, 15) is 4.39 Å². The predicted octanol–water partition coefficient (Wildman–Crippen LogP) is 4.01. The van der Waals surface area contributed by atoms with Gasteiger partial charge in [-0.15, -0.1) is 11.3 Å². The molecule has 1 aliphatic rings. The SMILES string of the molecule is Fc1ccc(Br)cc1-c1csc(CC2CCCN2)n1. The summed E-state index contributed by atoms with van der Waals surface area (Å²) in [5.74, 6) is -0.223. The first-order valence-corrected chi connectivity index (χ1v) is 8.03. The zero-order valence-corrected chi connectivity index (χ0v) is 12.7. The molecule has 1 aliphatic heterocycles. The Labute approximate surface area is 124 Å². The summed E-state index contributed by atoms with van der Waals surface area (Å²) in [5.41, 5.74) is 1.30. The van der Waals surface area contributed by atoms with Crippen molar-refractivity contribution in [1.82, 2.24) is 10.3 Å². The van der Waals surface area contributed by atoms with Gasteiger partial charge in [-0.05, 0) is 37.6 Å². The summed E-state index contributed by atoms with van der Waals surface area (Å²) in [5, 5.41) is 6.48. The molecule has 0 bridgehead atoms. The first-order valence-electron chi connectivity index (χ1n) is 6.35. The second-order valence-corrected chi connectivity index (χ2v) is 6.61. The Morgan fingerprint density at radius 2 is 2.37 bits per heavy atom. The average Bonchev–Trinajstić information content (AvgIpc) is 3.04. The number of hydrogen-bond acceptors (Lipinski definition) is 3. The van der Waals surface area contributed by atoms with Crippen LogP contribution in [-0.2, 0) is 6.42 Å². The van der Waals surface area contributed by atoms with Gasteiger partial charge in [0.2, 0.25) is 0 Å². The van der Waals surface area contributed by atoms with Crippen molar-refractivity contribution in [3.63, 3.8) is 0 Å². The molecule has 0 radical (unpaired) electrons. The molecule has 2 aromatic rings. The van der Waals surface area contributed by atoms with Gasteiger partial charge in [-0.2, -0.15) is 0 Å². The average molecular weight is 341 g/mol. The van der Waals surface area contributed by atoms with Gasteiger partial charge in [0.05, 0.1) is 10.7 Å².